The third-order valence-corrected chi connectivity index (χ3v) is 3.64. The van der Waals surface area contributed by atoms with E-state index in [2.05, 4.69) is 5.32 Å². The molecule has 1 amide bonds. The van der Waals surface area contributed by atoms with Crippen molar-refractivity contribution in [2.75, 3.05) is 33.4 Å². The molecule has 1 saturated carbocycles. The van der Waals surface area contributed by atoms with E-state index in [4.69, 9.17) is 9.47 Å². The molecule has 0 heterocycles. The van der Waals surface area contributed by atoms with Gasteiger partial charge < -0.3 is 19.7 Å². The number of nitrogens with zero attached hydrogens (tertiary/aromatic N) is 1. The van der Waals surface area contributed by atoms with Crippen molar-refractivity contribution in [1.82, 2.24) is 10.2 Å². The number of hydrogen-bond acceptors (Lipinski definition) is 4. The number of nitrogens with one attached hydrogen (secondary N) is 1. The van der Waals surface area contributed by atoms with E-state index < -0.39 is 5.60 Å². The van der Waals surface area contributed by atoms with E-state index in [0.717, 1.165) is 6.54 Å². The molecule has 124 valence electrons. The number of amides is 1. The van der Waals surface area contributed by atoms with Crippen molar-refractivity contribution >= 4 is 6.09 Å². The number of ether oxygens (including phenoxy) is 2. The third kappa shape index (κ3) is 8.27. The largest absolute Gasteiger partial charge is 0.444 e. The molecule has 0 aromatic carbocycles. The smallest absolute Gasteiger partial charge is 0.410 e. The van der Waals surface area contributed by atoms with Crippen molar-refractivity contribution in [3.8, 4) is 0 Å². The van der Waals surface area contributed by atoms with E-state index in [1.54, 1.807) is 12.0 Å². The van der Waals surface area contributed by atoms with Gasteiger partial charge in [0.05, 0.1) is 6.61 Å². The van der Waals surface area contributed by atoms with Crippen LogP contribution in [0.25, 0.3) is 0 Å². The van der Waals surface area contributed by atoms with Crippen LogP contribution in [0.4, 0.5) is 4.79 Å². The van der Waals surface area contributed by atoms with Crippen molar-refractivity contribution in [1.29, 1.82) is 0 Å². The van der Waals surface area contributed by atoms with Crippen LogP contribution in [-0.4, -0.2) is 56.0 Å². The Hall–Kier alpha value is -0.810. The van der Waals surface area contributed by atoms with Crippen molar-refractivity contribution in [3.05, 3.63) is 0 Å². The summed E-state index contributed by atoms with van der Waals surface area (Å²) in [6.45, 7) is 8.24. The quantitative estimate of drug-likeness (QED) is 0.785. The number of methoxy groups -OCH3 is 1. The van der Waals surface area contributed by atoms with Crippen LogP contribution in [0.1, 0.15) is 52.9 Å². The Kier molecular flexibility index (Phi) is 8.04. The van der Waals surface area contributed by atoms with Crippen LogP contribution >= 0.6 is 0 Å². The minimum Gasteiger partial charge on any atom is -0.444 e. The zero-order valence-corrected chi connectivity index (χ0v) is 14.1. The van der Waals surface area contributed by atoms with Gasteiger partial charge in [0, 0.05) is 32.8 Å². The van der Waals surface area contributed by atoms with Gasteiger partial charge in [-0.1, -0.05) is 19.3 Å². The summed E-state index contributed by atoms with van der Waals surface area (Å²) in [6, 6.07) is 0.613. The van der Waals surface area contributed by atoms with E-state index >= 15 is 0 Å². The monoisotopic (exact) mass is 300 g/mol. The van der Waals surface area contributed by atoms with Gasteiger partial charge in [-0.15, -0.1) is 0 Å². The molecule has 21 heavy (non-hydrogen) atoms. The molecule has 0 bridgehead atoms. The van der Waals surface area contributed by atoms with Crippen LogP contribution in [0.2, 0.25) is 0 Å². The van der Waals surface area contributed by atoms with E-state index in [1.807, 2.05) is 20.8 Å². The highest BCUT2D eigenvalue weighted by Crippen LogP contribution is 2.17. The van der Waals surface area contributed by atoms with E-state index in [0.29, 0.717) is 25.7 Å². The predicted octanol–water partition coefficient (Wildman–Crippen LogP) is 2.79. The summed E-state index contributed by atoms with van der Waals surface area (Å²) < 4.78 is 10.5. The Labute approximate surface area is 129 Å². The van der Waals surface area contributed by atoms with Crippen LogP contribution in [0, 0.1) is 0 Å². The van der Waals surface area contributed by atoms with Crippen LogP contribution in [0.15, 0.2) is 0 Å². The maximum atomic E-state index is 12.2. The molecule has 0 aromatic heterocycles. The molecular formula is C16H32N2O3. The lowest BCUT2D eigenvalue weighted by molar-refractivity contribution is 0.0202. The molecule has 1 N–H and O–H groups in total. The standard InChI is InChI=1S/C16H32N2O3/c1-16(2,3)21-15(19)18(12-13-20-4)11-10-17-14-8-6-5-7-9-14/h14,17H,5-13H2,1-4H3. The van der Waals surface area contributed by atoms with Gasteiger partial charge in [0.1, 0.15) is 5.60 Å². The molecule has 0 radical (unpaired) electrons. The highest BCUT2D eigenvalue weighted by molar-refractivity contribution is 5.68. The number of carbonyl (C=O) groups is 1. The molecule has 1 fully saturated rings. The second kappa shape index (κ2) is 9.26. The fourth-order valence-corrected chi connectivity index (χ4v) is 2.53. The molecule has 0 aromatic rings. The summed E-state index contributed by atoms with van der Waals surface area (Å²) in [5.41, 5.74) is -0.459. The fraction of sp³-hybridized carbons (Fsp3) is 0.938. The zero-order chi connectivity index (χ0) is 15.7. The zero-order valence-electron chi connectivity index (χ0n) is 14.1. The molecule has 1 rings (SSSR count). The summed E-state index contributed by atoms with van der Waals surface area (Å²) in [5.74, 6) is 0. The van der Waals surface area contributed by atoms with Gasteiger partial charge in [-0.2, -0.15) is 0 Å². The second-order valence-corrected chi connectivity index (χ2v) is 6.75. The molecule has 5 heteroatoms. The summed E-state index contributed by atoms with van der Waals surface area (Å²) >= 11 is 0. The Morgan fingerprint density at radius 2 is 1.86 bits per heavy atom. The van der Waals surface area contributed by atoms with Crippen LogP contribution in [-0.2, 0) is 9.47 Å². The Morgan fingerprint density at radius 3 is 2.43 bits per heavy atom. The van der Waals surface area contributed by atoms with Crippen molar-refractivity contribution in [2.24, 2.45) is 0 Å². The van der Waals surface area contributed by atoms with Gasteiger partial charge in [-0.3, -0.25) is 0 Å². The second-order valence-electron chi connectivity index (χ2n) is 6.75. The van der Waals surface area contributed by atoms with Crippen LogP contribution in [0.5, 0.6) is 0 Å². The first kappa shape index (κ1) is 18.2. The summed E-state index contributed by atoms with van der Waals surface area (Å²) in [5, 5.41) is 3.56. The minimum absolute atomic E-state index is 0.259. The lowest BCUT2D eigenvalue weighted by Crippen LogP contribution is -2.43. The van der Waals surface area contributed by atoms with Crippen molar-refractivity contribution in [2.45, 2.75) is 64.5 Å². The highest BCUT2D eigenvalue weighted by atomic mass is 16.6. The van der Waals surface area contributed by atoms with Gasteiger partial charge in [-0.25, -0.2) is 4.79 Å². The number of carbonyl (C=O) groups excluding carboxylic acids is 1. The van der Waals surface area contributed by atoms with Gasteiger partial charge in [0.15, 0.2) is 0 Å². The summed E-state index contributed by atoms with van der Waals surface area (Å²) in [4.78, 5) is 13.9. The highest BCUT2D eigenvalue weighted by Gasteiger charge is 2.22. The molecule has 0 saturated heterocycles. The van der Waals surface area contributed by atoms with Gasteiger partial charge in [0.25, 0.3) is 0 Å². The number of rotatable bonds is 7. The number of hydrogen-bond donors (Lipinski definition) is 1. The average molecular weight is 300 g/mol. The maximum absolute atomic E-state index is 12.2. The van der Waals surface area contributed by atoms with Crippen LogP contribution in [0.3, 0.4) is 0 Å². The Bertz CT molecular complexity index is 296. The lowest BCUT2D eigenvalue weighted by Gasteiger charge is -2.28. The molecule has 0 spiro atoms. The minimum atomic E-state index is -0.459. The first-order valence-electron chi connectivity index (χ1n) is 8.12. The van der Waals surface area contributed by atoms with Gasteiger partial charge >= 0.3 is 6.09 Å². The average Bonchev–Trinajstić information content (AvgIpc) is 2.41. The molecular weight excluding hydrogens is 268 g/mol. The first-order valence-corrected chi connectivity index (χ1v) is 8.12. The van der Waals surface area contributed by atoms with E-state index in [9.17, 15) is 4.79 Å². The fourth-order valence-electron chi connectivity index (χ4n) is 2.53. The summed E-state index contributed by atoms with van der Waals surface area (Å²) in [7, 11) is 1.65. The molecule has 0 unspecified atom stereocenters. The normalized spacial score (nSPS) is 16.8. The molecule has 1 aliphatic carbocycles. The van der Waals surface area contributed by atoms with Crippen molar-refractivity contribution in [3.63, 3.8) is 0 Å². The molecule has 0 aliphatic heterocycles. The Morgan fingerprint density at radius 1 is 1.19 bits per heavy atom. The van der Waals surface area contributed by atoms with Gasteiger partial charge in [0.2, 0.25) is 0 Å². The van der Waals surface area contributed by atoms with Gasteiger partial charge in [-0.05, 0) is 33.6 Å². The predicted molar refractivity (Wildman–Crippen MR) is 84.6 cm³/mol. The molecule has 0 atom stereocenters. The van der Waals surface area contributed by atoms with Crippen molar-refractivity contribution < 1.29 is 14.3 Å². The Balaban J connectivity index is 2.35. The molecule has 5 nitrogen and oxygen atoms in total. The van der Waals surface area contributed by atoms with Crippen LogP contribution < -0.4 is 5.32 Å². The third-order valence-electron chi connectivity index (χ3n) is 3.64. The topological polar surface area (TPSA) is 50.8 Å². The SMILES string of the molecule is COCCN(CCNC1CCCCC1)C(=O)OC(C)(C)C. The maximum Gasteiger partial charge on any atom is 0.410 e. The first-order chi connectivity index (χ1) is 9.92. The molecule has 1 aliphatic rings. The van der Waals surface area contributed by atoms with E-state index in [1.165, 1.54) is 32.1 Å². The summed E-state index contributed by atoms with van der Waals surface area (Å²) in [6.07, 6.45) is 6.24. The van der Waals surface area contributed by atoms with E-state index in [-0.39, 0.29) is 6.09 Å². The lowest BCUT2D eigenvalue weighted by atomic mass is 9.95.